The third-order valence-electron chi connectivity index (χ3n) is 7.61. The van der Waals surface area contributed by atoms with Crippen LogP contribution in [-0.2, 0) is 19.6 Å². The van der Waals surface area contributed by atoms with Crippen molar-refractivity contribution in [2.24, 2.45) is 5.92 Å². The molecule has 3 saturated heterocycles. The molecule has 1 aromatic carbocycles. The maximum absolute atomic E-state index is 13.0. The number of fused-ring (bicyclic) bond motifs is 1. The summed E-state index contributed by atoms with van der Waals surface area (Å²) < 4.78 is 67.8. The molecule has 3 unspecified atom stereocenters. The van der Waals surface area contributed by atoms with Crippen molar-refractivity contribution in [2.75, 3.05) is 45.7 Å². The molecule has 16 heteroatoms. The molecule has 4 rings (SSSR count). The first-order valence-corrected chi connectivity index (χ1v) is 14.2. The summed E-state index contributed by atoms with van der Waals surface area (Å²) >= 11 is 0. The van der Waals surface area contributed by atoms with E-state index in [4.69, 9.17) is 0 Å². The lowest BCUT2D eigenvalue weighted by Gasteiger charge is -2.48. The van der Waals surface area contributed by atoms with Gasteiger partial charge in [0.15, 0.2) is 6.61 Å². The number of carbonyl (C=O) groups excluding carboxylic acids is 2. The van der Waals surface area contributed by atoms with E-state index >= 15 is 0 Å². The van der Waals surface area contributed by atoms with Gasteiger partial charge in [-0.3, -0.25) is 4.79 Å². The molecule has 3 fully saturated rings. The monoisotopic (exact) mass is 587 g/mol. The summed E-state index contributed by atoms with van der Waals surface area (Å²) in [6.07, 6.45) is -5.06. The van der Waals surface area contributed by atoms with E-state index in [1.165, 1.54) is 31.1 Å². The maximum Gasteiger partial charge on any atom is 0.422 e. The average Bonchev–Trinajstić information content (AvgIpc) is 3.28. The number of halogens is 3. The van der Waals surface area contributed by atoms with E-state index in [1.54, 1.807) is 12.1 Å². The maximum atomic E-state index is 13.0. The Labute approximate surface area is 230 Å². The van der Waals surface area contributed by atoms with Crippen molar-refractivity contribution in [2.45, 2.75) is 54.5 Å². The second kappa shape index (κ2) is 11.4. The van der Waals surface area contributed by atoms with Crippen LogP contribution >= 0.6 is 0 Å². The number of hydrazine groups is 1. The number of carbonyl (C=O) groups is 2. The molecule has 3 aliphatic heterocycles. The van der Waals surface area contributed by atoms with Gasteiger partial charge >= 0.3 is 12.3 Å². The zero-order valence-corrected chi connectivity index (χ0v) is 22.9. The van der Waals surface area contributed by atoms with E-state index in [2.05, 4.69) is 26.9 Å². The van der Waals surface area contributed by atoms with Crippen LogP contribution in [-0.4, -0.2) is 98.9 Å². The van der Waals surface area contributed by atoms with Crippen molar-refractivity contribution in [1.29, 1.82) is 5.26 Å². The summed E-state index contributed by atoms with van der Waals surface area (Å²) in [5, 5.41) is 17.7. The molecule has 3 heterocycles. The SMILES string of the molecule is CN(C)S(=O)(=O)c1ccc(NC2NN(C3(CC#N)CCN(C(=O)OCC(F)(F)F)CC3)C3CCNC(=O)C23)cc1. The van der Waals surface area contributed by atoms with E-state index in [0.717, 1.165) is 4.31 Å². The van der Waals surface area contributed by atoms with Crippen LogP contribution in [0.4, 0.5) is 23.7 Å². The molecule has 0 spiro atoms. The van der Waals surface area contributed by atoms with E-state index in [9.17, 15) is 36.4 Å². The summed E-state index contributed by atoms with van der Waals surface area (Å²) in [4.78, 5) is 26.5. The number of ether oxygens (including phenoxy) is 1. The van der Waals surface area contributed by atoms with Gasteiger partial charge in [0.05, 0.1) is 28.8 Å². The highest BCUT2D eigenvalue weighted by Gasteiger charge is 2.55. The van der Waals surface area contributed by atoms with Gasteiger partial charge in [0.1, 0.15) is 6.17 Å². The first-order valence-electron chi connectivity index (χ1n) is 12.8. The number of anilines is 1. The van der Waals surface area contributed by atoms with Gasteiger partial charge in [0.25, 0.3) is 0 Å². The Morgan fingerprint density at radius 2 is 1.90 bits per heavy atom. The number of alkyl halides is 3. The third kappa shape index (κ3) is 6.12. The standard InChI is InChI=1S/C24H32F3N7O5S/c1-32(2)40(37,38)17-5-3-16(4-6-17)30-20-19-18(7-12-29-21(19)35)34(31-20)23(8-11-28)9-13-33(14-10-23)22(36)39-15-24(25,26)27/h3-6,18-20,30-31H,7-10,12-15H2,1-2H3,(H,29,35). The van der Waals surface area contributed by atoms with E-state index in [1.807, 2.05) is 5.01 Å². The topological polar surface area (TPSA) is 147 Å². The molecule has 0 aliphatic carbocycles. The van der Waals surface area contributed by atoms with E-state index in [-0.39, 0.29) is 49.2 Å². The third-order valence-corrected chi connectivity index (χ3v) is 9.44. The number of nitriles is 1. The molecule has 220 valence electrons. The molecule has 0 aromatic heterocycles. The first-order chi connectivity index (χ1) is 18.8. The van der Waals surface area contributed by atoms with Crippen LogP contribution in [0.15, 0.2) is 29.2 Å². The number of nitrogens with one attached hydrogen (secondary N) is 3. The molecule has 12 nitrogen and oxygen atoms in total. The summed E-state index contributed by atoms with van der Waals surface area (Å²) in [5.74, 6) is -0.736. The lowest BCUT2D eigenvalue weighted by Crippen LogP contribution is -2.62. The largest absolute Gasteiger partial charge is 0.440 e. The van der Waals surface area contributed by atoms with Crippen LogP contribution in [0.5, 0.6) is 0 Å². The van der Waals surface area contributed by atoms with E-state index < -0.39 is 46.5 Å². The smallest absolute Gasteiger partial charge is 0.422 e. The Bertz CT molecular complexity index is 1240. The van der Waals surface area contributed by atoms with Crippen LogP contribution in [0.2, 0.25) is 0 Å². The number of hydrogen-bond donors (Lipinski definition) is 3. The van der Waals surface area contributed by atoms with Gasteiger partial charge in [0, 0.05) is 45.5 Å². The summed E-state index contributed by atoms with van der Waals surface area (Å²) in [6, 6.07) is 8.04. The molecule has 3 N–H and O–H groups in total. The fraction of sp³-hybridized carbons (Fsp3) is 0.625. The Balaban J connectivity index is 1.51. The van der Waals surface area contributed by atoms with Crippen molar-refractivity contribution in [1.82, 2.24) is 25.0 Å². The summed E-state index contributed by atoms with van der Waals surface area (Å²) in [6.45, 7) is -1.08. The highest BCUT2D eigenvalue weighted by atomic mass is 32.2. The number of amides is 2. The lowest BCUT2D eigenvalue weighted by atomic mass is 9.81. The minimum absolute atomic E-state index is 0.0695. The van der Waals surface area contributed by atoms with Gasteiger partial charge in [-0.1, -0.05) is 0 Å². The number of nitrogens with zero attached hydrogens (tertiary/aromatic N) is 4. The Hall–Kier alpha value is -3.13. The number of benzene rings is 1. The highest BCUT2D eigenvalue weighted by Crippen LogP contribution is 2.40. The number of hydrogen-bond acceptors (Lipinski definition) is 9. The van der Waals surface area contributed by atoms with Crippen LogP contribution in [0.1, 0.15) is 25.7 Å². The second-order valence-electron chi connectivity index (χ2n) is 10.3. The van der Waals surface area contributed by atoms with Gasteiger partial charge in [-0.2, -0.15) is 18.4 Å². The van der Waals surface area contributed by atoms with E-state index in [0.29, 0.717) is 18.7 Å². The molecule has 0 bridgehead atoms. The van der Waals surface area contributed by atoms with Crippen LogP contribution in [0, 0.1) is 17.2 Å². The van der Waals surface area contributed by atoms with Crippen LogP contribution < -0.4 is 16.1 Å². The summed E-state index contributed by atoms with van der Waals surface area (Å²) in [5.41, 5.74) is 3.15. The van der Waals surface area contributed by atoms with Gasteiger partial charge < -0.3 is 20.3 Å². The van der Waals surface area contributed by atoms with Crippen molar-refractivity contribution in [3.8, 4) is 6.07 Å². The molecular weight excluding hydrogens is 555 g/mol. The molecule has 3 atom stereocenters. The highest BCUT2D eigenvalue weighted by molar-refractivity contribution is 7.89. The van der Waals surface area contributed by atoms with Crippen LogP contribution in [0.25, 0.3) is 0 Å². The fourth-order valence-corrected chi connectivity index (χ4v) is 6.42. The molecule has 40 heavy (non-hydrogen) atoms. The zero-order valence-electron chi connectivity index (χ0n) is 22.1. The van der Waals surface area contributed by atoms with Crippen molar-refractivity contribution in [3.05, 3.63) is 24.3 Å². The Morgan fingerprint density at radius 1 is 1.25 bits per heavy atom. The molecule has 0 radical (unpaired) electrons. The zero-order chi connectivity index (χ0) is 29.3. The predicted octanol–water partition coefficient (Wildman–Crippen LogP) is 1.45. The average molecular weight is 588 g/mol. The molecule has 3 aliphatic rings. The number of likely N-dealkylation sites (tertiary alicyclic amines) is 1. The number of rotatable bonds is 7. The first kappa shape index (κ1) is 29.8. The van der Waals surface area contributed by atoms with Gasteiger partial charge in [0.2, 0.25) is 15.9 Å². The molecule has 1 aromatic rings. The predicted molar refractivity (Wildman–Crippen MR) is 136 cm³/mol. The second-order valence-corrected chi connectivity index (χ2v) is 12.5. The normalized spacial score (nSPS) is 25.2. The molecular formula is C24H32F3N7O5S. The summed E-state index contributed by atoms with van der Waals surface area (Å²) in [7, 11) is -0.738. The fourth-order valence-electron chi connectivity index (χ4n) is 5.52. The Kier molecular flexibility index (Phi) is 8.50. The number of piperidine rings is 2. The lowest BCUT2D eigenvalue weighted by molar-refractivity contribution is -0.163. The van der Waals surface area contributed by atoms with Gasteiger partial charge in [-0.05, 0) is 43.5 Å². The molecule has 2 amide bonds. The van der Waals surface area contributed by atoms with Gasteiger partial charge in [-0.15, -0.1) is 0 Å². The molecule has 0 saturated carbocycles. The minimum Gasteiger partial charge on any atom is -0.440 e. The van der Waals surface area contributed by atoms with Crippen molar-refractivity contribution in [3.63, 3.8) is 0 Å². The quantitative estimate of drug-likeness (QED) is 0.431. The van der Waals surface area contributed by atoms with Crippen molar-refractivity contribution >= 4 is 27.7 Å². The minimum atomic E-state index is -4.63. The number of sulfonamides is 1. The Morgan fingerprint density at radius 3 is 2.48 bits per heavy atom. The van der Waals surface area contributed by atoms with Crippen molar-refractivity contribution < 1.29 is 35.9 Å². The van der Waals surface area contributed by atoms with Gasteiger partial charge in [-0.25, -0.2) is 28.0 Å². The van der Waals surface area contributed by atoms with Crippen LogP contribution in [0.3, 0.4) is 0 Å².